The summed E-state index contributed by atoms with van der Waals surface area (Å²) in [6, 6.07) is 11.8. The number of carbonyl (C=O) groups excluding carboxylic acids is 1. The molecule has 1 aliphatic rings. The molecular formula is C23H30N2O6S. The number of piperidine rings is 1. The summed E-state index contributed by atoms with van der Waals surface area (Å²) in [5.41, 5.74) is 0.949. The van der Waals surface area contributed by atoms with E-state index in [2.05, 4.69) is 5.32 Å². The summed E-state index contributed by atoms with van der Waals surface area (Å²) in [5, 5.41) is 3.01. The van der Waals surface area contributed by atoms with E-state index in [4.69, 9.17) is 14.2 Å². The van der Waals surface area contributed by atoms with E-state index in [1.807, 2.05) is 31.2 Å². The molecule has 2 aromatic carbocycles. The van der Waals surface area contributed by atoms with E-state index in [1.54, 1.807) is 13.2 Å². The second-order valence-electron chi connectivity index (χ2n) is 7.72. The Morgan fingerprint density at radius 3 is 2.34 bits per heavy atom. The van der Waals surface area contributed by atoms with E-state index in [9.17, 15) is 13.2 Å². The van der Waals surface area contributed by atoms with Crippen LogP contribution in [-0.2, 0) is 14.8 Å². The zero-order chi connectivity index (χ0) is 23.3. The summed E-state index contributed by atoms with van der Waals surface area (Å²) < 4.78 is 43.4. The Morgan fingerprint density at radius 1 is 1.03 bits per heavy atom. The van der Waals surface area contributed by atoms with Crippen LogP contribution in [-0.4, -0.2) is 53.0 Å². The van der Waals surface area contributed by atoms with E-state index in [1.165, 1.54) is 30.7 Å². The van der Waals surface area contributed by atoms with Crippen LogP contribution in [0.4, 0.5) is 0 Å². The van der Waals surface area contributed by atoms with E-state index in [-0.39, 0.29) is 23.4 Å². The molecule has 174 valence electrons. The molecule has 0 aromatic heterocycles. The number of nitrogens with zero attached hydrogens (tertiary/aromatic N) is 1. The molecular weight excluding hydrogens is 432 g/mol. The van der Waals surface area contributed by atoms with E-state index < -0.39 is 15.9 Å². The summed E-state index contributed by atoms with van der Waals surface area (Å²) in [7, 11) is 0.783. The SMILES string of the molecule is COc1ccc([C@H](C)NC(=O)[C@@H]2CCCN(S(=O)(=O)c3ccc(OC)c(OC)c3)C2)cc1. The maximum absolute atomic E-state index is 13.2. The minimum Gasteiger partial charge on any atom is -0.497 e. The molecule has 1 aliphatic heterocycles. The molecule has 0 aliphatic carbocycles. The Kier molecular flexibility index (Phi) is 7.63. The molecule has 1 amide bonds. The van der Waals surface area contributed by atoms with Gasteiger partial charge in [0.25, 0.3) is 0 Å². The van der Waals surface area contributed by atoms with Gasteiger partial charge in [-0.15, -0.1) is 0 Å². The third-order valence-corrected chi connectivity index (χ3v) is 7.58. The predicted octanol–water partition coefficient (Wildman–Crippen LogP) is 2.99. The standard InChI is InChI=1S/C23H30N2O6S/c1-16(17-7-9-19(29-2)10-8-17)24-23(26)18-6-5-13-25(15-18)32(27,28)20-11-12-21(30-3)22(14-20)31-4/h7-12,14,16,18H,5-6,13,15H2,1-4H3,(H,24,26)/t16-,18+/m0/s1. The maximum atomic E-state index is 13.2. The average Bonchev–Trinajstić information content (AvgIpc) is 2.83. The molecule has 0 unspecified atom stereocenters. The minimum atomic E-state index is -3.77. The molecule has 0 radical (unpaired) electrons. The number of sulfonamides is 1. The first kappa shape index (κ1) is 23.9. The van der Waals surface area contributed by atoms with Crippen molar-refractivity contribution in [2.45, 2.75) is 30.7 Å². The van der Waals surface area contributed by atoms with Crippen molar-refractivity contribution >= 4 is 15.9 Å². The van der Waals surface area contributed by atoms with Crippen LogP contribution in [0.15, 0.2) is 47.4 Å². The smallest absolute Gasteiger partial charge is 0.243 e. The molecule has 9 heteroatoms. The van der Waals surface area contributed by atoms with Crippen molar-refractivity contribution in [3.8, 4) is 17.2 Å². The van der Waals surface area contributed by atoms with E-state index in [0.717, 1.165) is 11.3 Å². The summed E-state index contributed by atoms with van der Waals surface area (Å²) >= 11 is 0. The van der Waals surface area contributed by atoms with Gasteiger partial charge in [0, 0.05) is 19.2 Å². The zero-order valence-corrected chi connectivity index (χ0v) is 19.6. The van der Waals surface area contributed by atoms with Gasteiger partial charge in [-0.05, 0) is 49.6 Å². The molecule has 0 spiro atoms. The number of hydrogen-bond acceptors (Lipinski definition) is 6. The third kappa shape index (κ3) is 5.16. The Morgan fingerprint density at radius 2 is 1.72 bits per heavy atom. The third-order valence-electron chi connectivity index (χ3n) is 5.72. The van der Waals surface area contributed by atoms with Crippen LogP contribution in [0.5, 0.6) is 17.2 Å². The topological polar surface area (TPSA) is 94.2 Å². The van der Waals surface area contributed by atoms with Crippen LogP contribution in [0.2, 0.25) is 0 Å². The summed E-state index contributed by atoms with van der Waals surface area (Å²) in [6.07, 6.45) is 1.25. The lowest BCUT2D eigenvalue weighted by Gasteiger charge is -2.32. The fraction of sp³-hybridized carbons (Fsp3) is 0.435. The number of nitrogens with one attached hydrogen (secondary N) is 1. The number of methoxy groups -OCH3 is 3. The summed E-state index contributed by atoms with van der Waals surface area (Å²) in [5.74, 6) is 0.971. The molecule has 1 N–H and O–H groups in total. The molecule has 3 rings (SSSR count). The average molecular weight is 463 g/mol. The van der Waals surface area contributed by atoms with Gasteiger partial charge in [-0.1, -0.05) is 12.1 Å². The van der Waals surface area contributed by atoms with E-state index in [0.29, 0.717) is 30.9 Å². The van der Waals surface area contributed by atoms with Crippen molar-refractivity contribution in [1.29, 1.82) is 0 Å². The fourth-order valence-corrected chi connectivity index (χ4v) is 5.35. The fourth-order valence-electron chi connectivity index (χ4n) is 3.81. The van der Waals surface area contributed by atoms with Gasteiger partial charge in [0.15, 0.2) is 11.5 Å². The Bertz CT molecular complexity index is 1040. The number of benzene rings is 2. The van der Waals surface area contributed by atoms with Gasteiger partial charge in [0.2, 0.25) is 15.9 Å². The van der Waals surface area contributed by atoms with Crippen LogP contribution >= 0.6 is 0 Å². The van der Waals surface area contributed by atoms with Crippen molar-refractivity contribution in [1.82, 2.24) is 9.62 Å². The number of carbonyl (C=O) groups is 1. The van der Waals surface area contributed by atoms with Crippen molar-refractivity contribution < 1.29 is 27.4 Å². The van der Waals surface area contributed by atoms with Gasteiger partial charge in [0.1, 0.15) is 5.75 Å². The molecule has 2 aromatic rings. The lowest BCUT2D eigenvalue weighted by atomic mass is 9.98. The van der Waals surface area contributed by atoms with Crippen LogP contribution in [0.25, 0.3) is 0 Å². The summed E-state index contributed by atoms with van der Waals surface area (Å²) in [6.45, 7) is 2.41. The van der Waals surface area contributed by atoms with Crippen LogP contribution < -0.4 is 19.5 Å². The predicted molar refractivity (Wildman–Crippen MR) is 121 cm³/mol. The highest BCUT2D eigenvalue weighted by molar-refractivity contribution is 7.89. The van der Waals surface area contributed by atoms with Crippen molar-refractivity contribution in [3.63, 3.8) is 0 Å². The highest BCUT2D eigenvalue weighted by Gasteiger charge is 2.34. The highest BCUT2D eigenvalue weighted by atomic mass is 32.2. The quantitative estimate of drug-likeness (QED) is 0.648. The van der Waals surface area contributed by atoms with Crippen molar-refractivity contribution in [2.24, 2.45) is 5.92 Å². The van der Waals surface area contributed by atoms with Gasteiger partial charge < -0.3 is 19.5 Å². The Labute approximate surface area is 189 Å². The van der Waals surface area contributed by atoms with Gasteiger partial charge in [0.05, 0.1) is 38.2 Å². The maximum Gasteiger partial charge on any atom is 0.243 e. The monoisotopic (exact) mass is 462 g/mol. The minimum absolute atomic E-state index is 0.114. The Hall–Kier alpha value is -2.78. The second kappa shape index (κ2) is 10.2. The van der Waals surface area contributed by atoms with Crippen molar-refractivity contribution in [2.75, 3.05) is 34.4 Å². The number of amides is 1. The largest absolute Gasteiger partial charge is 0.497 e. The number of ether oxygens (including phenoxy) is 3. The first-order chi connectivity index (χ1) is 15.3. The number of rotatable bonds is 8. The molecule has 0 saturated carbocycles. The normalized spacial score (nSPS) is 17.9. The van der Waals surface area contributed by atoms with Gasteiger partial charge >= 0.3 is 0 Å². The molecule has 1 saturated heterocycles. The molecule has 1 heterocycles. The Balaban J connectivity index is 1.70. The summed E-state index contributed by atoms with van der Waals surface area (Å²) in [4.78, 5) is 13.0. The van der Waals surface area contributed by atoms with Crippen LogP contribution in [0.3, 0.4) is 0 Å². The first-order valence-electron chi connectivity index (χ1n) is 10.5. The van der Waals surface area contributed by atoms with Crippen LogP contribution in [0, 0.1) is 5.92 Å². The zero-order valence-electron chi connectivity index (χ0n) is 18.8. The van der Waals surface area contributed by atoms with Gasteiger partial charge in [-0.3, -0.25) is 4.79 Å². The van der Waals surface area contributed by atoms with Crippen molar-refractivity contribution in [3.05, 3.63) is 48.0 Å². The number of hydrogen-bond donors (Lipinski definition) is 1. The highest BCUT2D eigenvalue weighted by Crippen LogP contribution is 2.32. The first-order valence-corrected chi connectivity index (χ1v) is 11.9. The lowest BCUT2D eigenvalue weighted by Crippen LogP contribution is -2.45. The van der Waals surface area contributed by atoms with Crippen LogP contribution in [0.1, 0.15) is 31.4 Å². The molecule has 1 fully saturated rings. The molecule has 2 atom stereocenters. The van der Waals surface area contributed by atoms with E-state index >= 15 is 0 Å². The van der Waals surface area contributed by atoms with Gasteiger partial charge in [-0.25, -0.2) is 8.42 Å². The molecule has 32 heavy (non-hydrogen) atoms. The van der Waals surface area contributed by atoms with Gasteiger partial charge in [-0.2, -0.15) is 4.31 Å². The molecule has 0 bridgehead atoms. The lowest BCUT2D eigenvalue weighted by molar-refractivity contribution is -0.126. The molecule has 8 nitrogen and oxygen atoms in total. The second-order valence-corrected chi connectivity index (χ2v) is 9.66.